The van der Waals surface area contributed by atoms with Crippen molar-refractivity contribution in [3.63, 3.8) is 0 Å². The zero-order chi connectivity index (χ0) is 10.1. The summed E-state index contributed by atoms with van der Waals surface area (Å²) >= 11 is 6.34. The topological polar surface area (TPSA) is 38.3 Å². The molecule has 0 aliphatic rings. The second-order valence-electron chi connectivity index (χ2n) is 2.09. The highest BCUT2D eigenvalue weighted by Crippen LogP contribution is 1.92. The van der Waals surface area contributed by atoms with Gasteiger partial charge in [0.15, 0.2) is 0 Å². The van der Waals surface area contributed by atoms with Crippen LogP contribution in [0.15, 0.2) is 12.2 Å². The highest BCUT2D eigenvalue weighted by Gasteiger charge is 1.95. The second-order valence-corrected chi connectivity index (χ2v) is 3.57. The predicted molar refractivity (Wildman–Crippen MR) is 59.9 cm³/mol. The first-order valence-corrected chi connectivity index (χ1v) is 5.45. The van der Waals surface area contributed by atoms with Gasteiger partial charge in [-0.2, -0.15) is 0 Å². The summed E-state index contributed by atoms with van der Waals surface area (Å²) in [6.45, 7) is 2.66. The molecule has 0 rings (SSSR count). The van der Waals surface area contributed by atoms with Gasteiger partial charge in [0.2, 0.25) is 0 Å². The number of thiocarbonyl (C=S) groups is 1. The average Bonchev–Trinajstić information content (AvgIpc) is 2.12. The van der Waals surface area contributed by atoms with Gasteiger partial charge in [0.1, 0.15) is 10.9 Å². The highest BCUT2D eigenvalue weighted by atomic mass is 32.2. The van der Waals surface area contributed by atoms with Crippen LogP contribution in [0.2, 0.25) is 0 Å². The molecule has 0 aromatic heterocycles. The van der Waals surface area contributed by atoms with Gasteiger partial charge in [-0.3, -0.25) is 0 Å². The largest absolute Gasteiger partial charge is 0.461 e. The molecule has 0 radical (unpaired) electrons. The molecule has 0 fully saturated rings. The van der Waals surface area contributed by atoms with Crippen LogP contribution in [0.3, 0.4) is 0 Å². The van der Waals surface area contributed by atoms with Crippen LogP contribution in [-0.2, 0) is 9.53 Å². The number of hydrogen-bond donors (Lipinski definition) is 1. The summed E-state index contributed by atoms with van der Waals surface area (Å²) in [6.07, 6.45) is 4.91. The van der Waals surface area contributed by atoms with Crippen LogP contribution in [-0.4, -0.2) is 29.7 Å². The minimum atomic E-state index is -0.320. The number of ether oxygens (including phenoxy) is 1. The fraction of sp³-hybridized carbons (Fsp3) is 0.500. The molecule has 3 nitrogen and oxygen atoms in total. The lowest BCUT2D eigenvalue weighted by Gasteiger charge is -2.04. The van der Waals surface area contributed by atoms with Gasteiger partial charge in [-0.15, -0.1) is 11.8 Å². The number of rotatable bonds is 4. The summed E-state index contributed by atoms with van der Waals surface area (Å²) in [5, 5.41) is 2.92. The van der Waals surface area contributed by atoms with Gasteiger partial charge < -0.3 is 10.1 Å². The van der Waals surface area contributed by atoms with E-state index < -0.39 is 0 Å². The number of nitrogens with one attached hydrogen (secondary N) is 1. The molecule has 0 saturated heterocycles. The first kappa shape index (κ1) is 12.4. The fourth-order valence-electron chi connectivity index (χ4n) is 0.561. The van der Waals surface area contributed by atoms with E-state index >= 15 is 0 Å². The predicted octanol–water partition coefficient (Wildman–Crippen LogP) is 1.34. The van der Waals surface area contributed by atoms with Crippen molar-refractivity contribution in [2.75, 3.05) is 19.4 Å². The number of carbonyl (C=O) groups is 1. The van der Waals surface area contributed by atoms with Gasteiger partial charge in [-0.1, -0.05) is 18.3 Å². The van der Waals surface area contributed by atoms with Gasteiger partial charge in [0, 0.05) is 6.08 Å². The lowest BCUT2D eigenvalue weighted by Crippen LogP contribution is -2.23. The lowest BCUT2D eigenvalue weighted by molar-refractivity contribution is -0.137. The molecule has 1 N–H and O–H groups in total. The summed E-state index contributed by atoms with van der Waals surface area (Å²) in [7, 11) is 0. The molecule has 0 amide bonds. The Balaban J connectivity index is 3.35. The zero-order valence-electron chi connectivity index (χ0n) is 7.70. The minimum Gasteiger partial charge on any atom is -0.461 e. The second kappa shape index (κ2) is 8.07. The third-order valence-electron chi connectivity index (χ3n) is 1.10. The summed E-state index contributed by atoms with van der Waals surface area (Å²) in [5.41, 5.74) is 0. The summed E-state index contributed by atoms with van der Waals surface area (Å²) in [5.74, 6) is -0.320. The molecule has 0 unspecified atom stereocenters. The van der Waals surface area contributed by atoms with Gasteiger partial charge >= 0.3 is 5.97 Å². The minimum absolute atomic E-state index is 0.320. The maximum Gasteiger partial charge on any atom is 0.330 e. The molecule has 0 aliphatic carbocycles. The molecule has 0 bridgehead atoms. The molecular formula is C8H13NO2S2. The number of thioether (sulfide) groups is 1. The van der Waals surface area contributed by atoms with Crippen LogP contribution >= 0.6 is 24.0 Å². The van der Waals surface area contributed by atoms with E-state index in [1.165, 1.54) is 17.8 Å². The van der Waals surface area contributed by atoms with Crippen molar-refractivity contribution in [1.82, 2.24) is 5.32 Å². The quantitative estimate of drug-likeness (QED) is 0.334. The van der Waals surface area contributed by atoms with Crippen molar-refractivity contribution in [2.24, 2.45) is 0 Å². The summed E-state index contributed by atoms with van der Waals surface area (Å²) in [6, 6.07) is 0. The van der Waals surface area contributed by atoms with E-state index in [0.29, 0.717) is 17.5 Å². The van der Waals surface area contributed by atoms with Crippen LogP contribution < -0.4 is 5.32 Å². The van der Waals surface area contributed by atoms with Crippen molar-refractivity contribution in [2.45, 2.75) is 6.92 Å². The summed E-state index contributed by atoms with van der Waals surface area (Å²) < 4.78 is 5.53. The smallest absolute Gasteiger partial charge is 0.330 e. The molecule has 0 aliphatic heterocycles. The van der Waals surface area contributed by atoms with Crippen LogP contribution in [0, 0.1) is 0 Å². The molecule has 0 spiro atoms. The van der Waals surface area contributed by atoms with Gasteiger partial charge in [-0.25, -0.2) is 4.79 Å². The Morgan fingerprint density at radius 3 is 2.92 bits per heavy atom. The first-order chi connectivity index (χ1) is 6.20. The van der Waals surface area contributed by atoms with Crippen LogP contribution in [0.1, 0.15) is 6.92 Å². The SMILES string of the molecule is C/C=C/C(=O)OCCNC(=S)SC. The Kier molecular flexibility index (Phi) is 7.73. The van der Waals surface area contributed by atoms with Gasteiger partial charge in [0.05, 0.1) is 6.54 Å². The molecule has 0 aromatic rings. The maximum atomic E-state index is 10.8. The zero-order valence-corrected chi connectivity index (χ0v) is 9.33. The normalized spacial score (nSPS) is 10.0. The molecule has 13 heavy (non-hydrogen) atoms. The van der Waals surface area contributed by atoms with Crippen molar-refractivity contribution in [3.05, 3.63) is 12.2 Å². The number of carbonyl (C=O) groups excluding carboxylic acids is 1. The average molecular weight is 219 g/mol. The summed E-state index contributed by atoms with van der Waals surface area (Å²) in [4.78, 5) is 10.8. The molecule has 0 aromatic carbocycles. The van der Waals surface area contributed by atoms with Crippen molar-refractivity contribution >= 4 is 34.3 Å². The Morgan fingerprint density at radius 2 is 2.38 bits per heavy atom. The Hall–Kier alpha value is -0.550. The lowest BCUT2D eigenvalue weighted by atomic mass is 10.5. The van der Waals surface area contributed by atoms with Crippen LogP contribution in [0.5, 0.6) is 0 Å². The number of allylic oxidation sites excluding steroid dienone is 1. The van der Waals surface area contributed by atoms with Gasteiger partial charge in [-0.05, 0) is 13.2 Å². The number of esters is 1. The van der Waals surface area contributed by atoms with E-state index in [9.17, 15) is 4.79 Å². The Labute approximate surface area is 87.9 Å². The van der Waals surface area contributed by atoms with E-state index in [1.807, 2.05) is 6.26 Å². The molecular weight excluding hydrogens is 206 g/mol. The number of hydrogen-bond acceptors (Lipinski definition) is 4. The molecule has 5 heteroatoms. The third-order valence-corrected chi connectivity index (χ3v) is 2.26. The first-order valence-electron chi connectivity index (χ1n) is 3.82. The maximum absolute atomic E-state index is 10.8. The molecule has 0 saturated carbocycles. The van der Waals surface area contributed by atoms with E-state index in [-0.39, 0.29) is 5.97 Å². The monoisotopic (exact) mass is 219 g/mol. The third kappa shape index (κ3) is 7.80. The standard InChI is InChI=1S/C8H13NO2S2/c1-3-4-7(10)11-6-5-9-8(12)13-2/h3-4H,5-6H2,1-2H3,(H,9,12)/b4-3+. The van der Waals surface area contributed by atoms with E-state index in [4.69, 9.17) is 17.0 Å². The van der Waals surface area contributed by atoms with Gasteiger partial charge in [0.25, 0.3) is 0 Å². The van der Waals surface area contributed by atoms with Crippen molar-refractivity contribution in [3.8, 4) is 0 Å². The van der Waals surface area contributed by atoms with E-state index in [1.54, 1.807) is 13.0 Å². The van der Waals surface area contributed by atoms with Crippen molar-refractivity contribution in [1.29, 1.82) is 0 Å². The fourth-order valence-corrected chi connectivity index (χ4v) is 0.910. The molecule has 0 heterocycles. The van der Waals surface area contributed by atoms with E-state index in [0.717, 1.165) is 0 Å². The molecule has 0 atom stereocenters. The van der Waals surface area contributed by atoms with Crippen LogP contribution in [0.4, 0.5) is 0 Å². The molecule has 74 valence electrons. The van der Waals surface area contributed by atoms with E-state index in [2.05, 4.69) is 5.32 Å². The van der Waals surface area contributed by atoms with Crippen LogP contribution in [0.25, 0.3) is 0 Å². The van der Waals surface area contributed by atoms with Crippen molar-refractivity contribution < 1.29 is 9.53 Å². The Morgan fingerprint density at radius 1 is 1.69 bits per heavy atom. The Bertz CT molecular complexity index is 204. The highest BCUT2D eigenvalue weighted by molar-refractivity contribution is 8.22.